The molecule has 0 bridgehead atoms. The number of rotatable bonds is 7. The summed E-state index contributed by atoms with van der Waals surface area (Å²) in [4.78, 5) is 0. The van der Waals surface area contributed by atoms with Crippen LogP contribution in [-0.2, 0) is 13.0 Å². The Kier molecular flexibility index (Phi) is 6.66. The summed E-state index contributed by atoms with van der Waals surface area (Å²) in [6.07, 6.45) is -1.80. The fraction of sp³-hybridized carbons (Fsp3) is 0.161. The standard InChI is InChI=1S/C31H26F3NO2/c1-21-24(9-6-10-28(21)23-11-13-26(14-12-23)37-31(32,33)34)17-25-20-35(19-22-7-4-3-5-8-22)30-16-15-27(36-2)18-29(25)30/h3-16,18,20H,17,19H2,1-2H3. The molecule has 1 aromatic heterocycles. The molecule has 0 aliphatic carbocycles. The summed E-state index contributed by atoms with van der Waals surface area (Å²) in [6.45, 7) is 2.81. The molecule has 0 fully saturated rings. The zero-order valence-corrected chi connectivity index (χ0v) is 20.5. The first-order valence-electron chi connectivity index (χ1n) is 11.9. The minimum Gasteiger partial charge on any atom is -0.497 e. The number of aromatic nitrogens is 1. The molecule has 3 nitrogen and oxygen atoms in total. The normalized spacial score (nSPS) is 11.6. The largest absolute Gasteiger partial charge is 0.573 e. The van der Waals surface area contributed by atoms with Gasteiger partial charge in [0.25, 0.3) is 0 Å². The van der Waals surface area contributed by atoms with E-state index in [0.29, 0.717) is 6.42 Å². The third-order valence-corrected chi connectivity index (χ3v) is 6.59. The van der Waals surface area contributed by atoms with Crippen LogP contribution in [0.2, 0.25) is 0 Å². The molecule has 0 spiro atoms. The number of alkyl halides is 3. The zero-order valence-electron chi connectivity index (χ0n) is 20.5. The van der Waals surface area contributed by atoms with Crippen LogP contribution in [0.25, 0.3) is 22.0 Å². The fourth-order valence-corrected chi connectivity index (χ4v) is 4.76. The van der Waals surface area contributed by atoms with Crippen molar-refractivity contribution in [1.82, 2.24) is 4.57 Å². The highest BCUT2D eigenvalue weighted by molar-refractivity contribution is 5.86. The van der Waals surface area contributed by atoms with Crippen LogP contribution in [0, 0.1) is 6.92 Å². The van der Waals surface area contributed by atoms with Crippen molar-refractivity contribution < 1.29 is 22.6 Å². The van der Waals surface area contributed by atoms with Crippen molar-refractivity contribution in [3.8, 4) is 22.6 Å². The van der Waals surface area contributed by atoms with E-state index in [0.717, 1.165) is 45.5 Å². The highest BCUT2D eigenvalue weighted by Crippen LogP contribution is 2.33. The summed E-state index contributed by atoms with van der Waals surface area (Å²) < 4.78 is 49.4. The van der Waals surface area contributed by atoms with E-state index < -0.39 is 6.36 Å². The minimum absolute atomic E-state index is 0.231. The van der Waals surface area contributed by atoms with Crippen LogP contribution in [-0.4, -0.2) is 18.0 Å². The quantitative estimate of drug-likeness (QED) is 0.225. The third-order valence-electron chi connectivity index (χ3n) is 6.59. The van der Waals surface area contributed by atoms with Gasteiger partial charge in [-0.05, 0) is 77.1 Å². The van der Waals surface area contributed by atoms with Gasteiger partial charge in [0.1, 0.15) is 11.5 Å². The molecule has 4 aromatic carbocycles. The van der Waals surface area contributed by atoms with Crippen molar-refractivity contribution in [3.63, 3.8) is 0 Å². The van der Waals surface area contributed by atoms with Gasteiger partial charge in [-0.25, -0.2) is 0 Å². The zero-order chi connectivity index (χ0) is 26.0. The molecule has 0 radical (unpaired) electrons. The van der Waals surface area contributed by atoms with E-state index in [4.69, 9.17) is 4.74 Å². The summed E-state index contributed by atoms with van der Waals surface area (Å²) in [6, 6.07) is 28.6. The van der Waals surface area contributed by atoms with Crippen LogP contribution < -0.4 is 9.47 Å². The molecule has 0 aliphatic rings. The molecule has 5 aromatic rings. The van der Waals surface area contributed by atoms with Crippen molar-refractivity contribution in [2.24, 2.45) is 0 Å². The molecule has 5 rings (SSSR count). The van der Waals surface area contributed by atoms with E-state index in [1.807, 2.05) is 36.4 Å². The number of benzene rings is 4. The van der Waals surface area contributed by atoms with E-state index in [1.165, 1.54) is 23.3 Å². The molecule has 0 unspecified atom stereocenters. The lowest BCUT2D eigenvalue weighted by molar-refractivity contribution is -0.274. The summed E-state index contributed by atoms with van der Waals surface area (Å²) in [5.74, 6) is 0.572. The number of hydrogen-bond donors (Lipinski definition) is 0. The molecule has 0 atom stereocenters. The van der Waals surface area contributed by atoms with Gasteiger partial charge in [0.15, 0.2) is 0 Å². The Balaban J connectivity index is 1.49. The topological polar surface area (TPSA) is 23.4 Å². The van der Waals surface area contributed by atoms with E-state index in [1.54, 1.807) is 19.2 Å². The molecule has 0 N–H and O–H groups in total. The van der Waals surface area contributed by atoms with Crippen molar-refractivity contribution in [2.45, 2.75) is 26.3 Å². The van der Waals surface area contributed by atoms with Crippen LogP contribution in [0.3, 0.4) is 0 Å². The first-order valence-corrected chi connectivity index (χ1v) is 11.9. The predicted octanol–water partition coefficient (Wildman–Crippen LogP) is 8.16. The molecule has 0 saturated heterocycles. The molecule has 0 saturated carbocycles. The van der Waals surface area contributed by atoms with Gasteiger partial charge in [0, 0.05) is 23.6 Å². The maximum atomic E-state index is 12.5. The molecular weight excluding hydrogens is 475 g/mol. The monoisotopic (exact) mass is 501 g/mol. The van der Waals surface area contributed by atoms with Gasteiger partial charge in [-0.1, -0.05) is 60.7 Å². The highest BCUT2D eigenvalue weighted by Gasteiger charge is 2.31. The number of ether oxygens (including phenoxy) is 2. The number of halogens is 3. The smallest absolute Gasteiger partial charge is 0.497 e. The summed E-state index contributed by atoms with van der Waals surface area (Å²) in [5, 5.41) is 1.13. The first kappa shape index (κ1) is 24.5. The van der Waals surface area contributed by atoms with Gasteiger partial charge in [-0.2, -0.15) is 0 Å². The van der Waals surface area contributed by atoms with Gasteiger partial charge >= 0.3 is 6.36 Å². The second-order valence-corrected chi connectivity index (χ2v) is 8.99. The lowest BCUT2D eigenvalue weighted by Crippen LogP contribution is -2.16. The molecule has 1 heterocycles. The van der Waals surface area contributed by atoms with Crippen molar-refractivity contribution >= 4 is 10.9 Å². The third kappa shape index (κ3) is 5.48. The van der Waals surface area contributed by atoms with Crippen molar-refractivity contribution in [2.75, 3.05) is 7.11 Å². The lowest BCUT2D eigenvalue weighted by atomic mass is 9.93. The Morgan fingerprint density at radius 2 is 1.51 bits per heavy atom. The molecule has 0 amide bonds. The maximum Gasteiger partial charge on any atom is 0.573 e. The predicted molar refractivity (Wildman–Crippen MR) is 140 cm³/mol. The number of methoxy groups -OCH3 is 1. The Morgan fingerprint density at radius 1 is 0.784 bits per heavy atom. The van der Waals surface area contributed by atoms with E-state index in [2.05, 4.69) is 52.8 Å². The lowest BCUT2D eigenvalue weighted by Gasteiger charge is -2.13. The highest BCUT2D eigenvalue weighted by atomic mass is 19.4. The van der Waals surface area contributed by atoms with Gasteiger partial charge < -0.3 is 14.0 Å². The maximum absolute atomic E-state index is 12.5. The first-order chi connectivity index (χ1) is 17.8. The molecule has 37 heavy (non-hydrogen) atoms. The average molecular weight is 502 g/mol. The fourth-order valence-electron chi connectivity index (χ4n) is 4.76. The van der Waals surface area contributed by atoms with E-state index in [9.17, 15) is 13.2 Å². The van der Waals surface area contributed by atoms with Gasteiger partial charge in [-0.3, -0.25) is 0 Å². The van der Waals surface area contributed by atoms with Crippen LogP contribution in [0.15, 0.2) is 97.2 Å². The van der Waals surface area contributed by atoms with E-state index >= 15 is 0 Å². The van der Waals surface area contributed by atoms with Crippen molar-refractivity contribution in [3.05, 3.63) is 119 Å². The minimum atomic E-state index is -4.71. The Bertz CT molecular complexity index is 1520. The van der Waals surface area contributed by atoms with Crippen LogP contribution in [0.1, 0.15) is 22.3 Å². The van der Waals surface area contributed by atoms with Crippen LogP contribution in [0.4, 0.5) is 13.2 Å². The molecule has 6 heteroatoms. The average Bonchev–Trinajstić information content (AvgIpc) is 3.21. The second kappa shape index (κ2) is 10.1. The van der Waals surface area contributed by atoms with Gasteiger partial charge in [0.05, 0.1) is 7.11 Å². The van der Waals surface area contributed by atoms with Gasteiger partial charge in [-0.15, -0.1) is 13.2 Å². The summed E-state index contributed by atoms with van der Waals surface area (Å²) in [5.41, 5.74) is 7.57. The summed E-state index contributed by atoms with van der Waals surface area (Å²) >= 11 is 0. The Morgan fingerprint density at radius 3 is 2.22 bits per heavy atom. The summed E-state index contributed by atoms with van der Waals surface area (Å²) in [7, 11) is 1.67. The van der Waals surface area contributed by atoms with Crippen LogP contribution >= 0.6 is 0 Å². The number of nitrogens with zero attached hydrogens (tertiary/aromatic N) is 1. The second-order valence-electron chi connectivity index (χ2n) is 8.99. The number of hydrogen-bond acceptors (Lipinski definition) is 2. The number of fused-ring (bicyclic) bond motifs is 1. The van der Waals surface area contributed by atoms with Crippen molar-refractivity contribution in [1.29, 1.82) is 0 Å². The van der Waals surface area contributed by atoms with Gasteiger partial charge in [0.2, 0.25) is 0 Å². The molecule has 188 valence electrons. The Hall–Kier alpha value is -4.19. The Labute approximate surface area is 213 Å². The SMILES string of the molecule is COc1ccc2c(c1)c(Cc1cccc(-c3ccc(OC(F)(F)F)cc3)c1C)cn2Cc1ccccc1. The van der Waals surface area contributed by atoms with E-state index in [-0.39, 0.29) is 5.75 Å². The molecule has 0 aliphatic heterocycles. The molecular formula is C31H26F3NO2. The van der Waals surface area contributed by atoms with Crippen LogP contribution in [0.5, 0.6) is 11.5 Å².